The summed E-state index contributed by atoms with van der Waals surface area (Å²) in [6.45, 7) is 1.93. The summed E-state index contributed by atoms with van der Waals surface area (Å²) in [5, 5.41) is 23.3. The smallest absolute Gasteiger partial charge is 0.242 e. The van der Waals surface area contributed by atoms with E-state index < -0.39 is 0 Å². The Morgan fingerprint density at radius 2 is 1.62 bits per heavy atom. The Morgan fingerprint density at radius 3 is 2.32 bits per heavy atom. The lowest BCUT2D eigenvalue weighted by Crippen LogP contribution is -1.99. The van der Waals surface area contributed by atoms with Crippen LogP contribution in [0.3, 0.4) is 0 Å². The predicted octanol–water partition coefficient (Wildman–Crippen LogP) is 6.95. The maximum atomic E-state index is 9.15. The van der Waals surface area contributed by atoms with Gasteiger partial charge in [-0.1, -0.05) is 24.3 Å². The second-order valence-corrected chi connectivity index (χ2v) is 8.49. The third-order valence-corrected chi connectivity index (χ3v) is 6.18. The van der Waals surface area contributed by atoms with Crippen molar-refractivity contribution in [1.29, 1.82) is 10.5 Å². The minimum Gasteiger partial charge on any atom is -0.437 e. The molecule has 5 rings (SSSR count). The lowest BCUT2D eigenvalue weighted by atomic mass is 10.0. The first kappa shape index (κ1) is 21.1. The van der Waals surface area contributed by atoms with Gasteiger partial charge in [-0.2, -0.15) is 15.5 Å². The molecular weight excluding hydrogens is 442 g/mol. The number of fused-ring (bicyclic) bond motifs is 1. The molecule has 0 bridgehead atoms. The zero-order chi connectivity index (χ0) is 23.5. The van der Waals surface area contributed by atoms with E-state index >= 15 is 0 Å². The van der Waals surface area contributed by atoms with Crippen LogP contribution in [0.15, 0.2) is 78.2 Å². The number of anilines is 2. The van der Waals surface area contributed by atoms with Crippen molar-refractivity contribution in [2.75, 3.05) is 5.32 Å². The number of rotatable bonds is 5. The van der Waals surface area contributed by atoms with E-state index in [0.29, 0.717) is 28.7 Å². The highest BCUT2D eigenvalue weighted by Gasteiger charge is 2.12. The van der Waals surface area contributed by atoms with Crippen molar-refractivity contribution in [3.8, 4) is 34.9 Å². The summed E-state index contributed by atoms with van der Waals surface area (Å²) >= 11 is 1.52. The van der Waals surface area contributed by atoms with E-state index in [2.05, 4.69) is 27.4 Å². The molecular formula is C27H17N5OS. The zero-order valence-electron chi connectivity index (χ0n) is 18.1. The third kappa shape index (κ3) is 4.29. The Labute approximate surface area is 200 Å². The summed E-state index contributed by atoms with van der Waals surface area (Å²) in [5.41, 5.74) is 5.86. The maximum Gasteiger partial charge on any atom is 0.242 e. The van der Waals surface area contributed by atoms with Crippen LogP contribution in [-0.2, 0) is 0 Å². The topological polar surface area (TPSA) is 94.6 Å². The van der Waals surface area contributed by atoms with Crippen molar-refractivity contribution in [1.82, 2.24) is 9.97 Å². The summed E-state index contributed by atoms with van der Waals surface area (Å²) < 4.78 is 7.01. The number of benzene rings is 3. The molecule has 0 spiro atoms. The molecule has 5 aromatic rings. The molecule has 0 atom stereocenters. The number of ether oxygens (including phenoxy) is 1. The molecule has 1 N–H and O–H groups in total. The first-order valence-corrected chi connectivity index (χ1v) is 11.3. The van der Waals surface area contributed by atoms with Gasteiger partial charge in [0.2, 0.25) is 11.8 Å². The van der Waals surface area contributed by atoms with Crippen LogP contribution in [0, 0.1) is 29.6 Å². The van der Waals surface area contributed by atoms with Crippen LogP contribution in [0.5, 0.6) is 11.6 Å². The number of aryl methyl sites for hydroxylation is 1. The Balaban J connectivity index is 1.41. The minimum atomic E-state index is 0.412. The third-order valence-electron chi connectivity index (χ3n) is 5.29. The predicted molar refractivity (Wildman–Crippen MR) is 133 cm³/mol. The SMILES string of the molecule is Cc1cc(-c2ccc(Oc3nc(Nc4ccc(C#N)cc4)nc4ccsc34)cc2)ccc1C#N. The number of nitriles is 2. The van der Waals surface area contributed by atoms with Gasteiger partial charge in [0.05, 0.1) is 28.8 Å². The highest BCUT2D eigenvalue weighted by Crippen LogP contribution is 2.34. The van der Waals surface area contributed by atoms with E-state index in [0.717, 1.165) is 32.6 Å². The van der Waals surface area contributed by atoms with Gasteiger partial charge in [0.25, 0.3) is 0 Å². The summed E-state index contributed by atoms with van der Waals surface area (Å²) in [5.74, 6) is 1.54. The van der Waals surface area contributed by atoms with Gasteiger partial charge in [0, 0.05) is 5.69 Å². The normalized spacial score (nSPS) is 10.4. The van der Waals surface area contributed by atoms with Crippen LogP contribution in [-0.4, -0.2) is 9.97 Å². The number of aromatic nitrogens is 2. The van der Waals surface area contributed by atoms with Crippen LogP contribution in [0.2, 0.25) is 0 Å². The molecule has 0 fully saturated rings. The quantitative estimate of drug-likeness (QED) is 0.306. The van der Waals surface area contributed by atoms with E-state index in [4.69, 9.17) is 15.3 Å². The van der Waals surface area contributed by atoms with Crippen molar-refractivity contribution in [3.63, 3.8) is 0 Å². The molecule has 2 heterocycles. The number of nitrogens with zero attached hydrogens (tertiary/aromatic N) is 4. The average molecular weight is 460 g/mol. The highest BCUT2D eigenvalue weighted by atomic mass is 32.1. The van der Waals surface area contributed by atoms with Gasteiger partial charge in [0.1, 0.15) is 10.4 Å². The van der Waals surface area contributed by atoms with E-state index in [-0.39, 0.29) is 0 Å². The molecule has 3 aromatic carbocycles. The first-order chi connectivity index (χ1) is 16.6. The largest absolute Gasteiger partial charge is 0.437 e. The molecule has 34 heavy (non-hydrogen) atoms. The van der Waals surface area contributed by atoms with Crippen molar-refractivity contribution < 1.29 is 4.74 Å². The second-order valence-electron chi connectivity index (χ2n) is 7.57. The molecule has 0 saturated carbocycles. The molecule has 0 unspecified atom stereocenters. The minimum absolute atomic E-state index is 0.412. The van der Waals surface area contributed by atoms with Crippen LogP contribution in [0.25, 0.3) is 21.3 Å². The summed E-state index contributed by atoms with van der Waals surface area (Å²) in [6.07, 6.45) is 0. The fourth-order valence-electron chi connectivity index (χ4n) is 3.51. The van der Waals surface area contributed by atoms with Crippen molar-refractivity contribution in [3.05, 3.63) is 94.9 Å². The molecule has 162 valence electrons. The zero-order valence-corrected chi connectivity index (χ0v) is 18.9. The van der Waals surface area contributed by atoms with Crippen LogP contribution >= 0.6 is 11.3 Å². The van der Waals surface area contributed by atoms with Crippen molar-refractivity contribution in [2.24, 2.45) is 0 Å². The molecule has 2 aromatic heterocycles. The maximum absolute atomic E-state index is 9.15. The Bertz CT molecular complexity index is 1580. The lowest BCUT2D eigenvalue weighted by Gasteiger charge is -2.10. The molecule has 0 aliphatic carbocycles. The van der Waals surface area contributed by atoms with Crippen molar-refractivity contribution >= 4 is 33.2 Å². The number of hydrogen-bond donors (Lipinski definition) is 1. The Morgan fingerprint density at radius 1 is 0.853 bits per heavy atom. The van der Waals surface area contributed by atoms with Gasteiger partial charge in [-0.3, -0.25) is 0 Å². The first-order valence-electron chi connectivity index (χ1n) is 10.4. The van der Waals surface area contributed by atoms with E-state index in [9.17, 15) is 0 Å². The van der Waals surface area contributed by atoms with E-state index in [1.54, 1.807) is 12.1 Å². The van der Waals surface area contributed by atoms with Crippen LogP contribution in [0.4, 0.5) is 11.6 Å². The van der Waals surface area contributed by atoms with Gasteiger partial charge in [-0.15, -0.1) is 11.3 Å². The lowest BCUT2D eigenvalue weighted by molar-refractivity contribution is 0.470. The summed E-state index contributed by atoms with van der Waals surface area (Å²) in [6, 6.07) is 26.9. The monoisotopic (exact) mass is 459 g/mol. The molecule has 0 saturated heterocycles. The average Bonchev–Trinajstić information content (AvgIpc) is 3.34. The summed E-state index contributed by atoms with van der Waals surface area (Å²) in [7, 11) is 0. The van der Waals surface area contributed by atoms with Crippen LogP contribution in [0.1, 0.15) is 16.7 Å². The van der Waals surface area contributed by atoms with Gasteiger partial charge in [-0.25, -0.2) is 4.98 Å². The fourth-order valence-corrected chi connectivity index (χ4v) is 4.27. The molecule has 0 aliphatic heterocycles. The standard InChI is InChI=1S/C27H17N5OS/c1-17-14-20(4-5-21(17)16-29)19-6-10-23(11-7-19)33-26-25-24(12-13-34-25)31-27(32-26)30-22-8-2-18(15-28)3-9-22/h2-14H,1H3,(H,30,31,32). The summed E-state index contributed by atoms with van der Waals surface area (Å²) in [4.78, 5) is 9.16. The molecule has 0 radical (unpaired) electrons. The van der Waals surface area contributed by atoms with Gasteiger partial charge in [0.15, 0.2) is 0 Å². The van der Waals surface area contributed by atoms with Gasteiger partial charge < -0.3 is 10.1 Å². The second kappa shape index (κ2) is 9.03. The number of hydrogen-bond acceptors (Lipinski definition) is 7. The van der Waals surface area contributed by atoms with Gasteiger partial charge in [-0.05, 0) is 77.5 Å². The molecule has 7 heteroatoms. The number of nitrogens with one attached hydrogen (secondary N) is 1. The molecule has 0 aliphatic rings. The Kier molecular flexibility index (Phi) is 5.61. The highest BCUT2D eigenvalue weighted by molar-refractivity contribution is 7.17. The number of thiophene rings is 1. The van der Waals surface area contributed by atoms with E-state index in [1.165, 1.54) is 11.3 Å². The van der Waals surface area contributed by atoms with E-state index in [1.807, 2.05) is 73.0 Å². The van der Waals surface area contributed by atoms with Crippen LogP contribution < -0.4 is 10.1 Å². The van der Waals surface area contributed by atoms with Crippen molar-refractivity contribution in [2.45, 2.75) is 6.92 Å². The molecule has 0 amide bonds. The fraction of sp³-hybridized carbons (Fsp3) is 0.0370. The molecule has 6 nitrogen and oxygen atoms in total. The Hall–Kier alpha value is -4.72. The van der Waals surface area contributed by atoms with Gasteiger partial charge >= 0.3 is 0 Å².